The van der Waals surface area contributed by atoms with Crippen molar-refractivity contribution in [3.63, 3.8) is 0 Å². The molecule has 7 heavy (non-hydrogen) atoms. The fraction of sp³-hybridized carbons (Fsp3) is 0. The minimum Gasteiger partial charge on any atom is -0.193 e. The fourth-order valence-corrected chi connectivity index (χ4v) is 0.942. The molecule has 1 N–H and O–H groups in total. The molecule has 1 heterocycles. The van der Waals surface area contributed by atoms with Gasteiger partial charge in [0.05, 0.1) is 0 Å². The van der Waals surface area contributed by atoms with Crippen molar-refractivity contribution in [2.24, 2.45) is 0 Å². The molecule has 0 radical (unpaired) electrons. The van der Waals surface area contributed by atoms with E-state index in [1.807, 2.05) is 17.6 Å². The Bertz CT molecular complexity index is 175. The van der Waals surface area contributed by atoms with Gasteiger partial charge in [-0.1, -0.05) is 11.3 Å². The summed E-state index contributed by atoms with van der Waals surface area (Å²) in [5, 5.41) is 1.94. The van der Waals surface area contributed by atoms with E-state index < -0.39 is 0 Å². The Balaban J connectivity index is 3.28. The Hall–Kier alpha value is -0.280. The lowest BCUT2D eigenvalue weighted by molar-refractivity contribution is -0.381. The minimum atomic E-state index is 0.822. The monoisotopic (exact) mass is 130 g/mol. The van der Waals surface area contributed by atoms with E-state index in [0.29, 0.717) is 0 Å². The Morgan fingerprint density at radius 2 is 2.57 bits per heavy atom. The number of aromatic amines is 1. The largest absolute Gasteiger partial charge is 0.327 e. The van der Waals surface area contributed by atoms with Crippen molar-refractivity contribution in [3.05, 3.63) is 21.6 Å². The second-order valence-electron chi connectivity index (χ2n) is 1.04. The van der Waals surface area contributed by atoms with Gasteiger partial charge < -0.3 is 0 Å². The molecule has 0 aliphatic carbocycles. The van der Waals surface area contributed by atoms with Gasteiger partial charge in [-0.05, 0) is 0 Å². The Kier molecular flexibility index (Phi) is 1.49. The molecule has 0 unspecified atom stereocenters. The Labute approximate surface area is 50.7 Å². The number of H-pyrrole nitrogens is 1. The van der Waals surface area contributed by atoms with Gasteiger partial charge in [0.25, 0.3) is 0 Å². The highest BCUT2D eigenvalue weighted by atomic mass is 32.1. The van der Waals surface area contributed by atoms with E-state index in [2.05, 4.69) is 4.98 Å². The van der Waals surface area contributed by atoms with Crippen LogP contribution in [0.25, 0.3) is 0 Å². The van der Waals surface area contributed by atoms with Crippen molar-refractivity contribution in [3.8, 4) is 0 Å². The lowest BCUT2D eigenvalue weighted by atomic mass is 10.8. The highest BCUT2D eigenvalue weighted by Crippen LogP contribution is 1.87. The summed E-state index contributed by atoms with van der Waals surface area (Å²) in [6, 6.07) is 1.92. The van der Waals surface area contributed by atoms with E-state index in [-0.39, 0.29) is 0 Å². The molecule has 1 nitrogen and oxygen atoms in total. The van der Waals surface area contributed by atoms with Crippen LogP contribution in [0.15, 0.2) is 17.6 Å². The third-order valence-corrected chi connectivity index (χ3v) is 1.58. The second kappa shape index (κ2) is 2.14. The van der Waals surface area contributed by atoms with Crippen LogP contribution in [0.2, 0.25) is 0 Å². The van der Waals surface area contributed by atoms with Crippen LogP contribution >= 0.6 is 23.6 Å². The molecule has 1 rings (SSSR count). The van der Waals surface area contributed by atoms with Crippen LogP contribution in [0.3, 0.4) is 0 Å². The van der Waals surface area contributed by atoms with E-state index in [0.717, 1.165) is 3.95 Å². The third-order valence-electron chi connectivity index (χ3n) is 0.551. The van der Waals surface area contributed by atoms with E-state index in [9.17, 15) is 0 Å². The average Bonchev–Trinajstić information content (AvgIpc) is 1.69. The predicted molar refractivity (Wildman–Crippen MR) is 31.7 cm³/mol. The van der Waals surface area contributed by atoms with Gasteiger partial charge in [-0.2, -0.15) is 4.98 Å². The molecule has 0 aromatic carbocycles. The third kappa shape index (κ3) is 1.33. The summed E-state index contributed by atoms with van der Waals surface area (Å²) in [5.74, 6) is 0. The van der Waals surface area contributed by atoms with E-state index in [4.69, 9.17) is 12.2 Å². The van der Waals surface area contributed by atoms with Crippen LogP contribution in [0.5, 0.6) is 0 Å². The second-order valence-corrected chi connectivity index (χ2v) is 2.63. The van der Waals surface area contributed by atoms with Crippen LogP contribution in [0, 0.1) is 3.95 Å². The first kappa shape index (κ1) is 4.87. The summed E-state index contributed by atoms with van der Waals surface area (Å²) in [4.78, 5) is 2.86. The maximum Gasteiger partial charge on any atom is 0.327 e. The van der Waals surface area contributed by atoms with Crippen molar-refractivity contribution < 1.29 is 4.98 Å². The number of aromatic nitrogens is 1. The summed E-state index contributed by atoms with van der Waals surface area (Å²) in [6.45, 7) is 0. The summed E-state index contributed by atoms with van der Waals surface area (Å²) in [5.41, 5.74) is 0. The van der Waals surface area contributed by atoms with Crippen molar-refractivity contribution >= 4 is 23.6 Å². The topological polar surface area (TPSA) is 14.1 Å². The van der Waals surface area contributed by atoms with Crippen LogP contribution in [-0.4, -0.2) is 0 Å². The Morgan fingerprint density at radius 3 is 2.86 bits per heavy atom. The van der Waals surface area contributed by atoms with Crippen molar-refractivity contribution in [1.82, 2.24) is 0 Å². The first-order valence-corrected chi connectivity index (χ1v) is 3.14. The molecule has 0 bridgehead atoms. The zero-order chi connectivity index (χ0) is 5.11. The highest BCUT2D eigenvalue weighted by molar-refractivity contribution is 7.73. The molecule has 0 amide bonds. The van der Waals surface area contributed by atoms with Gasteiger partial charge in [0.15, 0.2) is 6.20 Å². The van der Waals surface area contributed by atoms with Gasteiger partial charge in [-0.3, -0.25) is 0 Å². The maximum atomic E-state index is 4.77. The predicted octanol–water partition coefficient (Wildman–Crippen LogP) is 1.29. The van der Waals surface area contributed by atoms with Crippen molar-refractivity contribution in [2.75, 3.05) is 0 Å². The molecule has 1 aromatic heterocycles. The highest BCUT2D eigenvalue weighted by Gasteiger charge is 1.77. The molecule has 0 spiro atoms. The van der Waals surface area contributed by atoms with Crippen LogP contribution in [-0.2, 0) is 0 Å². The summed E-state index contributed by atoms with van der Waals surface area (Å²) >= 11 is 6.30. The quantitative estimate of drug-likeness (QED) is 0.483. The zero-order valence-electron chi connectivity index (χ0n) is 3.55. The molecule has 1 aromatic rings. The van der Waals surface area contributed by atoms with Gasteiger partial charge >= 0.3 is 3.95 Å². The van der Waals surface area contributed by atoms with Gasteiger partial charge in [0.2, 0.25) is 0 Å². The van der Waals surface area contributed by atoms with Gasteiger partial charge in [-0.25, -0.2) is 0 Å². The standard InChI is InChI=1S/C4H3NS2/c6-4-5-2-1-3-7-4/h1-3H/p+1. The summed E-state index contributed by atoms with van der Waals surface area (Å²) in [6.07, 6.45) is 1.82. The maximum absolute atomic E-state index is 4.77. The molecule has 0 fully saturated rings. The fourth-order valence-electron chi connectivity index (χ4n) is 0.291. The number of nitrogens with one attached hydrogen (secondary N) is 1. The molecule has 0 saturated heterocycles. The van der Waals surface area contributed by atoms with E-state index >= 15 is 0 Å². The Morgan fingerprint density at radius 1 is 1.71 bits per heavy atom. The van der Waals surface area contributed by atoms with Crippen LogP contribution in [0.4, 0.5) is 0 Å². The lowest BCUT2D eigenvalue weighted by Gasteiger charge is -1.65. The van der Waals surface area contributed by atoms with Crippen molar-refractivity contribution in [2.45, 2.75) is 0 Å². The molecule has 0 aliphatic rings. The zero-order valence-corrected chi connectivity index (χ0v) is 5.18. The number of rotatable bonds is 0. The summed E-state index contributed by atoms with van der Waals surface area (Å²) < 4.78 is 0.822. The average molecular weight is 130 g/mol. The first-order valence-electron chi connectivity index (χ1n) is 1.85. The molecule has 0 atom stereocenters. The van der Waals surface area contributed by atoms with Gasteiger partial charge in [0.1, 0.15) is 0 Å². The SMILES string of the molecule is S=c1[nH+]cccs1. The minimum absolute atomic E-state index is 0.822. The molecule has 36 valence electrons. The van der Waals surface area contributed by atoms with Gasteiger partial charge in [0, 0.05) is 23.7 Å². The number of hydrogen-bond donors (Lipinski definition) is 0. The van der Waals surface area contributed by atoms with Crippen LogP contribution < -0.4 is 4.98 Å². The van der Waals surface area contributed by atoms with Gasteiger partial charge in [-0.15, -0.1) is 0 Å². The normalized spacial score (nSPS) is 8.57. The smallest absolute Gasteiger partial charge is 0.193 e. The molecule has 3 heteroatoms. The van der Waals surface area contributed by atoms with Crippen LogP contribution in [0.1, 0.15) is 0 Å². The molecule has 0 saturated carbocycles. The van der Waals surface area contributed by atoms with E-state index in [1.54, 1.807) is 0 Å². The number of hydrogen-bond acceptors (Lipinski definition) is 2. The lowest BCUT2D eigenvalue weighted by Crippen LogP contribution is -1.96. The summed E-state index contributed by atoms with van der Waals surface area (Å²) in [7, 11) is 0. The molecular formula is C4H4NS2+. The molecule has 0 aliphatic heterocycles. The first-order chi connectivity index (χ1) is 3.39. The van der Waals surface area contributed by atoms with Crippen molar-refractivity contribution in [1.29, 1.82) is 0 Å². The van der Waals surface area contributed by atoms with E-state index in [1.165, 1.54) is 11.3 Å². The molecular weight excluding hydrogens is 126 g/mol.